The first-order chi connectivity index (χ1) is 15.5. The highest BCUT2D eigenvalue weighted by atomic mass is 79.9. The molecule has 0 atom stereocenters. The lowest BCUT2D eigenvalue weighted by molar-refractivity contribution is -0.142. The van der Waals surface area contributed by atoms with Crippen LogP contribution in [0.25, 0.3) is 10.9 Å². The first-order valence-electron chi connectivity index (χ1n) is 9.37. The highest BCUT2D eigenvalue weighted by Gasteiger charge is 2.12. The van der Waals surface area contributed by atoms with Gasteiger partial charge in [-0.15, -0.1) is 0 Å². The van der Waals surface area contributed by atoms with E-state index in [1.165, 1.54) is 20.4 Å². The molecule has 0 aliphatic heterocycles. The fourth-order valence-corrected chi connectivity index (χ4v) is 3.08. The normalized spacial score (nSPS) is 10.7. The van der Waals surface area contributed by atoms with E-state index in [-0.39, 0.29) is 13.2 Å². The lowest BCUT2D eigenvalue weighted by Crippen LogP contribution is -2.24. The van der Waals surface area contributed by atoms with Crippen LogP contribution in [0.3, 0.4) is 0 Å². The lowest BCUT2D eigenvalue weighted by atomic mass is 10.2. The van der Waals surface area contributed by atoms with Crippen molar-refractivity contribution < 1.29 is 28.5 Å². The van der Waals surface area contributed by atoms with Crippen molar-refractivity contribution in [3.8, 4) is 17.2 Å². The number of amides is 1. The smallest absolute Gasteiger partial charge is 0.343 e. The maximum atomic E-state index is 12.1. The minimum atomic E-state index is -0.516. The molecule has 0 radical (unpaired) electrons. The molecule has 0 saturated carbocycles. The van der Waals surface area contributed by atoms with Gasteiger partial charge in [-0.2, -0.15) is 5.10 Å². The Morgan fingerprint density at radius 3 is 2.62 bits per heavy atom. The van der Waals surface area contributed by atoms with Crippen molar-refractivity contribution in [2.24, 2.45) is 5.10 Å². The minimum absolute atomic E-state index is 0.224. The number of nitrogens with zero attached hydrogens (tertiary/aromatic N) is 2. The molecule has 0 bridgehead atoms. The van der Waals surface area contributed by atoms with Gasteiger partial charge in [0.25, 0.3) is 5.91 Å². The zero-order valence-corrected chi connectivity index (χ0v) is 18.9. The molecule has 1 N–H and O–H groups in total. The molecule has 0 unspecified atom stereocenters. The van der Waals surface area contributed by atoms with E-state index in [2.05, 4.69) is 36.2 Å². The lowest BCUT2D eigenvalue weighted by Gasteiger charge is -2.12. The minimum Gasteiger partial charge on any atom is -0.493 e. The van der Waals surface area contributed by atoms with Gasteiger partial charge < -0.3 is 18.9 Å². The quantitative estimate of drug-likeness (QED) is 0.272. The average Bonchev–Trinajstić information content (AvgIpc) is 2.82. The zero-order chi connectivity index (χ0) is 22.9. The molecule has 0 saturated heterocycles. The fraction of sp³-hybridized carbons (Fsp3) is 0.182. The van der Waals surface area contributed by atoms with E-state index in [0.717, 1.165) is 5.39 Å². The predicted molar refractivity (Wildman–Crippen MR) is 121 cm³/mol. The average molecular weight is 502 g/mol. The van der Waals surface area contributed by atoms with Gasteiger partial charge in [-0.1, -0.05) is 18.2 Å². The number of hydrogen-bond acceptors (Lipinski definition) is 8. The Bertz CT molecular complexity index is 1150. The first-order valence-corrected chi connectivity index (χ1v) is 10.2. The standard InChI is InChI=1S/C22H20BrN3O6/c1-29-18-9-15(16(23)10-19(18)32-13-21(28)30-2)11-25-26-20(27)12-31-17-7-3-5-14-6-4-8-24-22(14)17/h3-11H,12-13H2,1-2H3,(H,26,27)/b25-11+. The molecule has 1 heterocycles. The Morgan fingerprint density at radius 1 is 1.06 bits per heavy atom. The molecule has 10 heteroatoms. The number of carbonyl (C=O) groups excluding carboxylic acids is 2. The molecule has 9 nitrogen and oxygen atoms in total. The summed E-state index contributed by atoms with van der Waals surface area (Å²) < 4.78 is 21.4. The van der Waals surface area contributed by atoms with Gasteiger partial charge in [-0.3, -0.25) is 9.78 Å². The van der Waals surface area contributed by atoms with Gasteiger partial charge in [0.2, 0.25) is 0 Å². The van der Waals surface area contributed by atoms with Crippen molar-refractivity contribution in [1.29, 1.82) is 0 Å². The number of hydrogen-bond donors (Lipinski definition) is 1. The zero-order valence-electron chi connectivity index (χ0n) is 17.3. The fourth-order valence-electron chi connectivity index (χ4n) is 2.66. The van der Waals surface area contributed by atoms with Gasteiger partial charge in [0.05, 0.1) is 20.4 Å². The number of fused-ring (bicyclic) bond motifs is 1. The number of benzene rings is 2. The first kappa shape index (κ1) is 23.0. The van der Waals surface area contributed by atoms with Crippen LogP contribution in [-0.2, 0) is 14.3 Å². The molecule has 3 rings (SSSR count). The maximum Gasteiger partial charge on any atom is 0.343 e. The second-order valence-corrected chi connectivity index (χ2v) is 7.16. The molecule has 3 aromatic rings. The molecule has 2 aromatic carbocycles. The number of hydrazone groups is 1. The Kier molecular flexibility index (Phi) is 7.98. The third-order valence-electron chi connectivity index (χ3n) is 4.20. The van der Waals surface area contributed by atoms with Gasteiger partial charge >= 0.3 is 5.97 Å². The van der Waals surface area contributed by atoms with Crippen LogP contribution in [0.5, 0.6) is 17.2 Å². The van der Waals surface area contributed by atoms with Crippen molar-refractivity contribution in [3.63, 3.8) is 0 Å². The Labute approximate surface area is 192 Å². The second-order valence-electron chi connectivity index (χ2n) is 6.30. The number of methoxy groups -OCH3 is 2. The number of para-hydroxylation sites is 1. The largest absolute Gasteiger partial charge is 0.493 e. The van der Waals surface area contributed by atoms with E-state index >= 15 is 0 Å². The van der Waals surface area contributed by atoms with Gasteiger partial charge in [0.15, 0.2) is 24.7 Å². The number of halogens is 1. The van der Waals surface area contributed by atoms with E-state index < -0.39 is 11.9 Å². The summed E-state index contributed by atoms with van der Waals surface area (Å²) in [6.07, 6.45) is 3.10. The van der Waals surface area contributed by atoms with Crippen LogP contribution in [0.4, 0.5) is 0 Å². The molecule has 0 fully saturated rings. The third kappa shape index (κ3) is 5.94. The highest BCUT2D eigenvalue weighted by Crippen LogP contribution is 2.33. The van der Waals surface area contributed by atoms with Crippen LogP contribution in [0.15, 0.2) is 58.2 Å². The molecule has 0 aliphatic carbocycles. The number of ether oxygens (including phenoxy) is 4. The highest BCUT2D eigenvalue weighted by molar-refractivity contribution is 9.10. The van der Waals surface area contributed by atoms with Crippen LogP contribution >= 0.6 is 15.9 Å². The van der Waals surface area contributed by atoms with Crippen LogP contribution < -0.4 is 19.6 Å². The van der Waals surface area contributed by atoms with Crippen LogP contribution in [0.2, 0.25) is 0 Å². The van der Waals surface area contributed by atoms with Gasteiger partial charge in [-0.25, -0.2) is 10.2 Å². The number of nitrogens with one attached hydrogen (secondary N) is 1. The number of esters is 1. The van der Waals surface area contributed by atoms with Gasteiger partial charge in [-0.05, 0) is 40.2 Å². The molecule has 166 valence electrons. The van der Waals surface area contributed by atoms with Gasteiger partial charge in [0, 0.05) is 21.6 Å². The van der Waals surface area contributed by atoms with Gasteiger partial charge in [0.1, 0.15) is 11.3 Å². The summed E-state index contributed by atoms with van der Waals surface area (Å²) in [5.41, 5.74) is 3.70. The number of carbonyl (C=O) groups is 2. The third-order valence-corrected chi connectivity index (χ3v) is 4.89. The SMILES string of the molecule is COC(=O)COc1cc(Br)c(/C=N/NC(=O)COc2cccc3cccnc23)cc1OC. The van der Waals surface area contributed by atoms with Crippen molar-refractivity contribution in [2.45, 2.75) is 0 Å². The summed E-state index contributed by atoms with van der Waals surface area (Å²) in [5.74, 6) is 0.297. The second kappa shape index (κ2) is 11.1. The molecule has 0 spiro atoms. The monoisotopic (exact) mass is 501 g/mol. The topological polar surface area (TPSA) is 108 Å². The van der Waals surface area contributed by atoms with E-state index in [4.69, 9.17) is 14.2 Å². The number of aromatic nitrogens is 1. The van der Waals surface area contributed by atoms with Crippen molar-refractivity contribution in [1.82, 2.24) is 10.4 Å². The van der Waals surface area contributed by atoms with E-state index in [0.29, 0.717) is 32.8 Å². The summed E-state index contributed by atoms with van der Waals surface area (Å²) in [5, 5.41) is 4.87. The summed E-state index contributed by atoms with van der Waals surface area (Å²) in [4.78, 5) is 27.7. The molecule has 1 aromatic heterocycles. The number of rotatable bonds is 9. The van der Waals surface area contributed by atoms with Crippen LogP contribution in [0.1, 0.15) is 5.56 Å². The molecule has 0 aliphatic rings. The summed E-state index contributed by atoms with van der Waals surface area (Å²) >= 11 is 3.40. The van der Waals surface area contributed by atoms with E-state index in [9.17, 15) is 9.59 Å². The summed E-state index contributed by atoms with van der Waals surface area (Å²) in [6, 6.07) is 12.5. The molecular weight excluding hydrogens is 482 g/mol. The van der Waals surface area contributed by atoms with E-state index in [1.807, 2.05) is 24.3 Å². The van der Waals surface area contributed by atoms with Crippen LogP contribution in [0, 0.1) is 0 Å². The van der Waals surface area contributed by atoms with Crippen LogP contribution in [-0.4, -0.2) is 50.5 Å². The van der Waals surface area contributed by atoms with Crippen molar-refractivity contribution in [2.75, 3.05) is 27.4 Å². The van der Waals surface area contributed by atoms with Crippen molar-refractivity contribution >= 4 is 44.9 Å². The summed E-state index contributed by atoms with van der Waals surface area (Å²) in [7, 11) is 2.74. The Hall–Kier alpha value is -3.66. The molecular formula is C22H20BrN3O6. The van der Waals surface area contributed by atoms with E-state index in [1.54, 1.807) is 24.4 Å². The Morgan fingerprint density at radius 2 is 1.84 bits per heavy atom. The van der Waals surface area contributed by atoms with Crippen molar-refractivity contribution in [3.05, 3.63) is 58.7 Å². The molecule has 1 amide bonds. The number of pyridine rings is 1. The summed E-state index contributed by atoms with van der Waals surface area (Å²) in [6.45, 7) is -0.479. The maximum absolute atomic E-state index is 12.1. The predicted octanol–water partition coefficient (Wildman–Crippen LogP) is 3.09. The molecule has 32 heavy (non-hydrogen) atoms. The Balaban J connectivity index is 1.60.